The maximum absolute atomic E-state index is 12.3. The van der Waals surface area contributed by atoms with E-state index in [0.29, 0.717) is 10.7 Å². The molecule has 1 aromatic rings. The molecule has 0 radical (unpaired) electrons. The standard InChI is InChI=1S/C12H13ClN2OS/c13-11-9(12(16)15-4-5-17-7-15)6-8-2-1-3-10(8)14-11/h6H,1-5,7H2. The van der Waals surface area contributed by atoms with Crippen LogP contribution in [0.3, 0.4) is 0 Å². The van der Waals surface area contributed by atoms with E-state index in [-0.39, 0.29) is 5.91 Å². The molecule has 1 fully saturated rings. The van der Waals surface area contributed by atoms with E-state index in [0.717, 1.165) is 43.1 Å². The van der Waals surface area contributed by atoms with Crippen LogP contribution in [0.5, 0.6) is 0 Å². The van der Waals surface area contributed by atoms with Crippen LogP contribution >= 0.6 is 23.4 Å². The molecule has 1 amide bonds. The Labute approximate surface area is 110 Å². The first-order valence-electron chi connectivity index (χ1n) is 5.81. The molecule has 90 valence electrons. The fourth-order valence-electron chi connectivity index (χ4n) is 2.34. The maximum atomic E-state index is 12.3. The Balaban J connectivity index is 1.94. The van der Waals surface area contributed by atoms with E-state index in [1.54, 1.807) is 11.8 Å². The van der Waals surface area contributed by atoms with Crippen LogP contribution in [-0.4, -0.2) is 34.0 Å². The second-order valence-electron chi connectivity index (χ2n) is 4.39. The first-order valence-corrected chi connectivity index (χ1v) is 7.34. The van der Waals surface area contributed by atoms with Crippen molar-refractivity contribution in [3.8, 4) is 0 Å². The van der Waals surface area contributed by atoms with Crippen molar-refractivity contribution in [1.82, 2.24) is 9.88 Å². The molecule has 0 aromatic carbocycles. The van der Waals surface area contributed by atoms with Crippen LogP contribution in [0.15, 0.2) is 6.07 Å². The summed E-state index contributed by atoms with van der Waals surface area (Å²) in [7, 11) is 0. The molecule has 0 saturated carbocycles. The molecule has 3 nitrogen and oxygen atoms in total. The number of amides is 1. The van der Waals surface area contributed by atoms with Gasteiger partial charge in [0.2, 0.25) is 0 Å². The van der Waals surface area contributed by atoms with E-state index in [1.807, 2.05) is 11.0 Å². The van der Waals surface area contributed by atoms with Gasteiger partial charge in [0.05, 0.1) is 11.4 Å². The SMILES string of the molecule is O=C(c1cc2c(nc1Cl)CCC2)N1CCSC1. The Hall–Kier alpha value is -0.740. The topological polar surface area (TPSA) is 33.2 Å². The summed E-state index contributed by atoms with van der Waals surface area (Å²) in [6, 6.07) is 1.95. The minimum Gasteiger partial charge on any atom is -0.328 e. The summed E-state index contributed by atoms with van der Waals surface area (Å²) in [5, 5.41) is 0.368. The third-order valence-corrected chi connectivity index (χ3v) is 4.53. The van der Waals surface area contributed by atoms with Crippen LogP contribution in [0.4, 0.5) is 0 Å². The lowest BCUT2D eigenvalue weighted by Gasteiger charge is -2.15. The molecule has 0 atom stereocenters. The van der Waals surface area contributed by atoms with Gasteiger partial charge in [-0.05, 0) is 30.9 Å². The highest BCUT2D eigenvalue weighted by molar-refractivity contribution is 7.99. The predicted molar refractivity (Wildman–Crippen MR) is 69.6 cm³/mol. The quantitative estimate of drug-likeness (QED) is 0.733. The van der Waals surface area contributed by atoms with Crippen molar-refractivity contribution in [1.29, 1.82) is 0 Å². The number of hydrogen-bond donors (Lipinski definition) is 0. The fraction of sp³-hybridized carbons (Fsp3) is 0.500. The summed E-state index contributed by atoms with van der Waals surface area (Å²) >= 11 is 7.89. The van der Waals surface area contributed by atoms with Gasteiger partial charge in [0.1, 0.15) is 5.15 Å². The largest absolute Gasteiger partial charge is 0.328 e. The van der Waals surface area contributed by atoms with E-state index < -0.39 is 0 Å². The van der Waals surface area contributed by atoms with Gasteiger partial charge in [-0.3, -0.25) is 4.79 Å². The average molecular weight is 269 g/mol. The highest BCUT2D eigenvalue weighted by Crippen LogP contribution is 2.27. The molecular formula is C12H13ClN2OS. The van der Waals surface area contributed by atoms with Crippen LogP contribution in [0.1, 0.15) is 28.0 Å². The molecule has 3 rings (SSSR count). The Morgan fingerprint density at radius 1 is 1.47 bits per heavy atom. The molecule has 1 aromatic heterocycles. The maximum Gasteiger partial charge on any atom is 0.257 e. The Kier molecular flexibility index (Phi) is 3.01. The van der Waals surface area contributed by atoms with Crippen LogP contribution < -0.4 is 0 Å². The zero-order chi connectivity index (χ0) is 11.8. The van der Waals surface area contributed by atoms with Crippen LogP contribution in [0.2, 0.25) is 5.15 Å². The van der Waals surface area contributed by atoms with E-state index in [4.69, 9.17) is 11.6 Å². The normalized spacial score (nSPS) is 18.5. The molecule has 1 aliphatic carbocycles. The van der Waals surface area contributed by atoms with Crippen LogP contribution in [-0.2, 0) is 12.8 Å². The minimum atomic E-state index is 0.0298. The van der Waals surface area contributed by atoms with Crippen molar-refractivity contribution < 1.29 is 4.79 Å². The molecule has 0 unspecified atom stereocenters. The van der Waals surface area contributed by atoms with E-state index >= 15 is 0 Å². The van der Waals surface area contributed by atoms with Gasteiger partial charge in [0.15, 0.2) is 0 Å². The third kappa shape index (κ3) is 2.04. The lowest BCUT2D eigenvalue weighted by atomic mass is 10.1. The van der Waals surface area contributed by atoms with Crippen molar-refractivity contribution in [2.75, 3.05) is 18.2 Å². The van der Waals surface area contributed by atoms with E-state index in [2.05, 4.69) is 4.98 Å². The molecule has 0 spiro atoms. The first-order chi connectivity index (χ1) is 8.25. The number of halogens is 1. The van der Waals surface area contributed by atoms with Crippen molar-refractivity contribution in [3.05, 3.63) is 28.0 Å². The Morgan fingerprint density at radius 3 is 3.12 bits per heavy atom. The number of carbonyl (C=O) groups is 1. The van der Waals surface area contributed by atoms with Crippen molar-refractivity contribution in [2.24, 2.45) is 0 Å². The second-order valence-corrected chi connectivity index (χ2v) is 5.82. The van der Waals surface area contributed by atoms with Crippen molar-refractivity contribution >= 4 is 29.3 Å². The Bertz CT molecular complexity index is 472. The number of nitrogens with zero attached hydrogens (tertiary/aromatic N) is 2. The Morgan fingerprint density at radius 2 is 2.35 bits per heavy atom. The summed E-state index contributed by atoms with van der Waals surface area (Å²) in [5.41, 5.74) is 2.85. The summed E-state index contributed by atoms with van der Waals surface area (Å²) < 4.78 is 0. The summed E-state index contributed by atoms with van der Waals surface area (Å²) in [6.45, 7) is 0.816. The van der Waals surface area contributed by atoms with Gasteiger partial charge in [-0.2, -0.15) is 0 Å². The van der Waals surface area contributed by atoms with E-state index in [1.165, 1.54) is 5.56 Å². The molecule has 5 heteroatoms. The van der Waals surface area contributed by atoms with Gasteiger partial charge in [-0.15, -0.1) is 11.8 Å². The van der Waals surface area contributed by atoms with Gasteiger partial charge in [0, 0.05) is 18.0 Å². The average Bonchev–Trinajstić information content (AvgIpc) is 2.97. The summed E-state index contributed by atoms with van der Waals surface area (Å²) in [4.78, 5) is 18.5. The smallest absolute Gasteiger partial charge is 0.257 e. The summed E-state index contributed by atoms with van der Waals surface area (Å²) in [5.74, 6) is 1.82. The lowest BCUT2D eigenvalue weighted by Crippen LogP contribution is -2.28. The number of pyridine rings is 1. The number of aryl methyl sites for hydroxylation is 2. The number of hydrogen-bond acceptors (Lipinski definition) is 3. The minimum absolute atomic E-state index is 0.0298. The molecule has 2 aliphatic rings. The molecule has 0 N–H and O–H groups in total. The molecule has 17 heavy (non-hydrogen) atoms. The lowest BCUT2D eigenvalue weighted by molar-refractivity contribution is 0.0802. The molecule has 0 bridgehead atoms. The van der Waals surface area contributed by atoms with Crippen molar-refractivity contribution in [3.63, 3.8) is 0 Å². The predicted octanol–water partition coefficient (Wildman–Crippen LogP) is 2.37. The molecular weight excluding hydrogens is 256 g/mol. The zero-order valence-corrected chi connectivity index (χ0v) is 11.0. The van der Waals surface area contributed by atoms with Crippen LogP contribution in [0.25, 0.3) is 0 Å². The number of fused-ring (bicyclic) bond motifs is 1. The zero-order valence-electron chi connectivity index (χ0n) is 9.41. The fourth-order valence-corrected chi connectivity index (χ4v) is 3.52. The highest BCUT2D eigenvalue weighted by atomic mass is 35.5. The van der Waals surface area contributed by atoms with Gasteiger partial charge < -0.3 is 4.90 Å². The van der Waals surface area contributed by atoms with Gasteiger partial charge in [0.25, 0.3) is 5.91 Å². The number of thioether (sulfide) groups is 1. The van der Waals surface area contributed by atoms with Crippen molar-refractivity contribution in [2.45, 2.75) is 19.3 Å². The van der Waals surface area contributed by atoms with Gasteiger partial charge >= 0.3 is 0 Å². The number of carbonyl (C=O) groups excluding carboxylic acids is 1. The summed E-state index contributed by atoms with van der Waals surface area (Å²) in [6.07, 6.45) is 3.13. The molecule has 1 aliphatic heterocycles. The van der Waals surface area contributed by atoms with Gasteiger partial charge in [-0.25, -0.2) is 4.98 Å². The third-order valence-electron chi connectivity index (χ3n) is 3.27. The second kappa shape index (κ2) is 4.50. The first kappa shape index (κ1) is 11.4. The molecule has 1 saturated heterocycles. The van der Waals surface area contributed by atoms with Gasteiger partial charge in [-0.1, -0.05) is 11.6 Å². The van der Waals surface area contributed by atoms with E-state index in [9.17, 15) is 4.79 Å². The van der Waals surface area contributed by atoms with Crippen LogP contribution in [0, 0.1) is 0 Å². The highest BCUT2D eigenvalue weighted by Gasteiger charge is 2.25. The number of rotatable bonds is 1. The molecule has 2 heterocycles. The monoisotopic (exact) mass is 268 g/mol. The number of aromatic nitrogens is 1.